The minimum Gasteiger partial charge on any atom is -0.379 e. The first kappa shape index (κ1) is 40.8. The average molecular weight is 720 g/mol. The molecule has 284 valence electrons. The smallest absolute Gasteiger partial charge is 0.243 e. The lowest BCUT2D eigenvalue weighted by Crippen LogP contribution is -2.58. The van der Waals surface area contributed by atoms with Crippen molar-refractivity contribution in [1.82, 2.24) is 26.2 Å². The maximum Gasteiger partial charge on any atom is 0.243 e. The highest BCUT2D eigenvalue weighted by Crippen LogP contribution is 2.29. The van der Waals surface area contributed by atoms with Crippen LogP contribution < -0.4 is 21.3 Å². The Balaban J connectivity index is 1.51. The summed E-state index contributed by atoms with van der Waals surface area (Å²) in [5.41, 5.74) is 0.577. The normalized spacial score (nSPS) is 19.7. The molecular weight excluding hydrogens is 662 g/mol. The van der Waals surface area contributed by atoms with Gasteiger partial charge in [-0.15, -0.1) is 0 Å². The van der Waals surface area contributed by atoms with Gasteiger partial charge >= 0.3 is 0 Å². The van der Waals surface area contributed by atoms with Crippen LogP contribution in [0, 0.1) is 11.8 Å². The predicted octanol–water partition coefficient (Wildman–Crippen LogP) is 2.70. The minimum atomic E-state index is -1.03. The topological polar surface area (TPSA) is 158 Å². The number of carbonyl (C=O) groups excluding carboxylic acids is 5. The van der Waals surface area contributed by atoms with E-state index in [9.17, 15) is 24.0 Å². The Morgan fingerprint density at radius 1 is 0.750 bits per heavy atom. The summed E-state index contributed by atoms with van der Waals surface area (Å²) in [6.45, 7) is 12.5. The SMILES string of the molecule is CC(C)C[C@H](NC(=O)[C@H](CCc1ccccc1)NC(=O)CN1CCOCC1)C(=O)N[C@@H](CN[C@@H](CC(C)C)C(=O)[C@]1(C)CO1)C(=O)c1ccccc1. The van der Waals surface area contributed by atoms with Crippen molar-refractivity contribution in [3.05, 3.63) is 71.8 Å². The summed E-state index contributed by atoms with van der Waals surface area (Å²) < 4.78 is 10.8. The first-order chi connectivity index (χ1) is 24.8. The summed E-state index contributed by atoms with van der Waals surface area (Å²) >= 11 is 0. The van der Waals surface area contributed by atoms with E-state index in [-0.39, 0.29) is 42.4 Å². The molecule has 2 fully saturated rings. The van der Waals surface area contributed by atoms with Gasteiger partial charge in [0, 0.05) is 25.2 Å². The van der Waals surface area contributed by atoms with Gasteiger partial charge in [-0.3, -0.25) is 28.9 Å². The molecule has 0 unspecified atom stereocenters. The van der Waals surface area contributed by atoms with Gasteiger partial charge in [-0.25, -0.2) is 0 Å². The van der Waals surface area contributed by atoms with E-state index < -0.39 is 41.6 Å². The Labute approximate surface area is 308 Å². The number of rotatable bonds is 21. The maximum absolute atomic E-state index is 14.1. The van der Waals surface area contributed by atoms with Crippen LogP contribution in [0.3, 0.4) is 0 Å². The van der Waals surface area contributed by atoms with Gasteiger partial charge in [0.05, 0.1) is 32.4 Å². The van der Waals surface area contributed by atoms with Crippen molar-refractivity contribution in [3.63, 3.8) is 0 Å². The van der Waals surface area contributed by atoms with Crippen LogP contribution in [0.4, 0.5) is 0 Å². The fraction of sp³-hybridized carbons (Fsp3) is 0.575. The lowest BCUT2D eigenvalue weighted by molar-refractivity contribution is -0.133. The molecule has 2 aromatic rings. The Morgan fingerprint density at radius 2 is 1.31 bits per heavy atom. The fourth-order valence-electron chi connectivity index (χ4n) is 6.32. The summed E-state index contributed by atoms with van der Waals surface area (Å²) in [5, 5.41) is 12.0. The van der Waals surface area contributed by atoms with Crippen molar-refractivity contribution in [1.29, 1.82) is 0 Å². The molecular formula is C40H57N5O7. The van der Waals surface area contributed by atoms with E-state index in [4.69, 9.17) is 9.47 Å². The highest BCUT2D eigenvalue weighted by atomic mass is 16.6. The molecule has 0 saturated carbocycles. The summed E-state index contributed by atoms with van der Waals surface area (Å²) in [6.07, 6.45) is 1.70. The summed E-state index contributed by atoms with van der Waals surface area (Å²) in [6, 6.07) is 14.9. The predicted molar refractivity (Wildman–Crippen MR) is 199 cm³/mol. The van der Waals surface area contributed by atoms with Crippen LogP contribution in [0.2, 0.25) is 0 Å². The number of aryl methyl sites for hydroxylation is 1. The molecule has 0 bridgehead atoms. The van der Waals surface area contributed by atoms with Gasteiger partial charge in [0.15, 0.2) is 11.6 Å². The number of morpholine rings is 1. The third-order valence-corrected chi connectivity index (χ3v) is 9.41. The Bertz CT molecular complexity index is 1480. The number of nitrogens with one attached hydrogen (secondary N) is 4. The van der Waals surface area contributed by atoms with Crippen molar-refractivity contribution in [2.24, 2.45) is 11.8 Å². The van der Waals surface area contributed by atoms with E-state index in [2.05, 4.69) is 21.3 Å². The monoisotopic (exact) mass is 719 g/mol. The third kappa shape index (κ3) is 12.9. The zero-order valence-electron chi connectivity index (χ0n) is 31.3. The highest BCUT2D eigenvalue weighted by Gasteiger charge is 2.49. The standard InChI is InChI=1S/C40H57N5O7/c1-27(2)22-32(37(48)40(5)26-52-40)41-24-34(36(47)30-14-10-7-11-15-30)44-39(50)33(23-28(3)4)43-38(49)31(17-16-29-12-8-6-9-13-29)42-35(46)25-45-18-20-51-21-19-45/h6-15,27-28,31-34,41H,16-26H2,1-5H3,(H,42,46)(H,43,49)(H,44,50)/t31-,32-,33-,34-,40-/m0/s1. The maximum atomic E-state index is 14.1. The summed E-state index contributed by atoms with van der Waals surface area (Å²) in [5.74, 6) is -1.48. The second-order valence-corrected chi connectivity index (χ2v) is 15.0. The molecule has 12 nitrogen and oxygen atoms in total. The van der Waals surface area contributed by atoms with Crippen LogP contribution in [0.1, 0.15) is 69.8 Å². The van der Waals surface area contributed by atoms with Crippen LogP contribution in [-0.2, 0) is 35.1 Å². The molecule has 0 aromatic heterocycles. The number of ketones is 2. The molecule has 2 aromatic carbocycles. The lowest BCUT2D eigenvalue weighted by atomic mass is 9.93. The molecule has 4 N–H and O–H groups in total. The quantitative estimate of drug-likeness (QED) is 0.113. The van der Waals surface area contributed by atoms with Gasteiger partial charge < -0.3 is 30.7 Å². The first-order valence-electron chi connectivity index (χ1n) is 18.6. The van der Waals surface area contributed by atoms with E-state index in [1.165, 1.54) is 0 Å². The first-order valence-corrected chi connectivity index (χ1v) is 18.6. The number of nitrogens with zero attached hydrogens (tertiary/aromatic N) is 1. The van der Waals surface area contributed by atoms with E-state index in [1.54, 1.807) is 37.3 Å². The molecule has 2 aliphatic heterocycles. The van der Waals surface area contributed by atoms with E-state index in [0.29, 0.717) is 64.2 Å². The van der Waals surface area contributed by atoms with Gasteiger partial charge in [0.2, 0.25) is 17.7 Å². The number of hydrogen-bond donors (Lipinski definition) is 4. The fourth-order valence-corrected chi connectivity index (χ4v) is 6.32. The lowest BCUT2D eigenvalue weighted by Gasteiger charge is -2.29. The molecule has 0 spiro atoms. The second kappa shape index (κ2) is 19.8. The molecule has 0 aliphatic carbocycles. The van der Waals surface area contributed by atoms with E-state index in [0.717, 1.165) is 5.56 Å². The number of ether oxygens (including phenoxy) is 2. The van der Waals surface area contributed by atoms with Gasteiger partial charge in [-0.2, -0.15) is 0 Å². The molecule has 3 amide bonds. The summed E-state index contributed by atoms with van der Waals surface area (Å²) in [7, 11) is 0. The zero-order chi connectivity index (χ0) is 37.7. The van der Waals surface area contributed by atoms with Crippen LogP contribution in [0.15, 0.2) is 60.7 Å². The third-order valence-electron chi connectivity index (χ3n) is 9.41. The number of hydrogen-bond acceptors (Lipinski definition) is 9. The molecule has 52 heavy (non-hydrogen) atoms. The largest absolute Gasteiger partial charge is 0.379 e. The average Bonchev–Trinajstić information content (AvgIpc) is 3.89. The Kier molecular flexibility index (Phi) is 15.5. The molecule has 4 rings (SSSR count). The summed E-state index contributed by atoms with van der Waals surface area (Å²) in [4.78, 5) is 70.4. The van der Waals surface area contributed by atoms with Crippen molar-refractivity contribution in [3.8, 4) is 0 Å². The van der Waals surface area contributed by atoms with E-state index >= 15 is 0 Å². The molecule has 2 aliphatic rings. The number of amides is 3. The number of carbonyl (C=O) groups is 5. The minimum absolute atomic E-state index is 0.00167. The Hall–Kier alpha value is -3.97. The molecule has 5 atom stereocenters. The van der Waals surface area contributed by atoms with Gasteiger partial charge in [-0.05, 0) is 50.0 Å². The number of Topliss-reactive ketones (excluding diaryl/α,β-unsaturated/α-hetero) is 2. The molecule has 12 heteroatoms. The number of benzene rings is 2. The Morgan fingerprint density at radius 3 is 1.90 bits per heavy atom. The van der Waals surface area contributed by atoms with Gasteiger partial charge in [0.25, 0.3) is 0 Å². The number of epoxide rings is 1. The molecule has 2 saturated heterocycles. The van der Waals surface area contributed by atoms with Crippen LogP contribution in [0.5, 0.6) is 0 Å². The second-order valence-electron chi connectivity index (χ2n) is 15.0. The van der Waals surface area contributed by atoms with Crippen LogP contribution in [-0.4, -0.2) is 110 Å². The van der Waals surface area contributed by atoms with Crippen molar-refractivity contribution < 1.29 is 33.4 Å². The van der Waals surface area contributed by atoms with Crippen molar-refractivity contribution >= 4 is 29.3 Å². The molecule has 0 radical (unpaired) electrons. The zero-order valence-corrected chi connectivity index (χ0v) is 31.3. The van der Waals surface area contributed by atoms with Crippen molar-refractivity contribution in [2.45, 2.75) is 90.1 Å². The van der Waals surface area contributed by atoms with Crippen LogP contribution in [0.25, 0.3) is 0 Å². The van der Waals surface area contributed by atoms with Crippen LogP contribution >= 0.6 is 0 Å². The van der Waals surface area contributed by atoms with Crippen molar-refractivity contribution in [2.75, 3.05) is 46.0 Å². The van der Waals surface area contributed by atoms with Gasteiger partial charge in [0.1, 0.15) is 23.7 Å². The van der Waals surface area contributed by atoms with Gasteiger partial charge in [-0.1, -0.05) is 88.4 Å². The highest BCUT2D eigenvalue weighted by molar-refractivity contribution is 6.03. The van der Waals surface area contributed by atoms with E-state index in [1.807, 2.05) is 62.9 Å². The molecule has 2 heterocycles.